The zero-order chi connectivity index (χ0) is 44.2. The summed E-state index contributed by atoms with van der Waals surface area (Å²) in [6.07, 6.45) is 5.96. The maximum atomic E-state index is 9.63. The minimum absolute atomic E-state index is 0.322. The number of para-hydroxylation sites is 2. The van der Waals surface area contributed by atoms with Crippen molar-refractivity contribution in [1.29, 1.82) is 0 Å². The smallest absolute Gasteiger partial charge is 0.144 e. The molecule has 0 aliphatic rings. The third-order valence-electron chi connectivity index (χ3n) is 3.43. The predicted molar refractivity (Wildman–Crippen MR) is 247 cm³/mol. The Labute approximate surface area is 333 Å². The highest BCUT2D eigenvalue weighted by Crippen LogP contribution is 2.03. The van der Waals surface area contributed by atoms with E-state index in [2.05, 4.69) is 58.9 Å². The van der Waals surface area contributed by atoms with Gasteiger partial charge in [-0.1, -0.05) is 234 Å². The minimum Gasteiger partial charge on any atom is -0.508 e. The van der Waals surface area contributed by atoms with E-state index < -0.39 is 9.84 Å². The Kier molecular flexibility index (Phi) is 122. The Hall–Kier alpha value is -3.61. The number of phenols is 2. The molecule has 0 aromatic heterocycles. The topological polar surface area (TPSA) is 94.8 Å². The standard InChI is InChI=1S/C8H10.2C6H6O.C6H6.2C3H8.C2H6O2S.6C2H6.CH4O/c1-2-8-6-4-3-5-7-8;2*7-6-4-2-1-3-5-6;1-2-4-6-5-3-1;2*1-3-2;1-5(2,3)4;7*1-2/h3-7H,2H2,1H3;2*1-5,7H;1-6H;2*3H2,1-2H3;1-2H3;6*1-2H3;2H,1H3. The summed E-state index contributed by atoms with van der Waals surface area (Å²) < 4.78 is 19.3. The second-order valence-electron chi connectivity index (χ2n) is 8.22. The van der Waals surface area contributed by atoms with Crippen molar-refractivity contribution in [3.8, 4) is 11.5 Å². The Morgan fingerprint density at radius 3 is 0.604 bits per heavy atom. The molecule has 0 radical (unpaired) electrons. The average molecular weight is 767 g/mol. The van der Waals surface area contributed by atoms with Gasteiger partial charge in [-0.15, -0.1) is 0 Å². The lowest BCUT2D eigenvalue weighted by Crippen LogP contribution is -1.86. The quantitative estimate of drug-likeness (QED) is 0.179. The maximum absolute atomic E-state index is 9.63. The van der Waals surface area contributed by atoms with E-state index in [1.165, 1.54) is 18.4 Å². The van der Waals surface area contributed by atoms with Crippen LogP contribution in [0.4, 0.5) is 0 Å². The van der Waals surface area contributed by atoms with Crippen molar-refractivity contribution in [2.75, 3.05) is 19.6 Å². The molecule has 5 nitrogen and oxygen atoms in total. The molecule has 0 atom stereocenters. The van der Waals surface area contributed by atoms with Gasteiger partial charge in [0, 0.05) is 19.6 Å². The molecule has 0 aliphatic heterocycles. The first-order valence-corrected chi connectivity index (χ1v) is 22.0. The van der Waals surface area contributed by atoms with E-state index in [1.807, 2.05) is 138 Å². The molecule has 4 aromatic carbocycles. The lowest BCUT2D eigenvalue weighted by Gasteiger charge is -1.89. The van der Waals surface area contributed by atoms with Gasteiger partial charge in [-0.25, -0.2) is 8.42 Å². The van der Waals surface area contributed by atoms with Crippen LogP contribution in [0.2, 0.25) is 0 Å². The molecule has 4 rings (SSSR count). The highest BCUT2D eigenvalue weighted by molar-refractivity contribution is 7.89. The molecule has 6 heteroatoms. The third-order valence-corrected chi connectivity index (χ3v) is 3.43. The summed E-state index contributed by atoms with van der Waals surface area (Å²) >= 11 is 0. The summed E-state index contributed by atoms with van der Waals surface area (Å²) in [6, 6.07) is 39.9. The SMILES string of the molecule is CC.CC.CC.CC.CC.CC.CCC.CCC.CCc1ccccc1.CO.CS(C)(=O)=O.Oc1ccccc1.Oc1ccccc1.c1ccccc1. The minimum atomic E-state index is -2.67. The van der Waals surface area contributed by atoms with Crippen LogP contribution >= 0.6 is 0 Å². The molecule has 0 saturated heterocycles. The Balaban J connectivity index is -0.0000000489. The molecule has 0 unspecified atom stereocenters. The van der Waals surface area contributed by atoms with Gasteiger partial charge in [-0.3, -0.25) is 0 Å². The van der Waals surface area contributed by atoms with Gasteiger partial charge >= 0.3 is 0 Å². The van der Waals surface area contributed by atoms with Crippen LogP contribution in [0.1, 0.15) is 136 Å². The van der Waals surface area contributed by atoms with Crippen molar-refractivity contribution < 1.29 is 23.7 Å². The zero-order valence-electron chi connectivity index (χ0n) is 38.3. The van der Waals surface area contributed by atoms with Gasteiger partial charge in [0.15, 0.2) is 0 Å². The molecule has 0 heterocycles. The Bertz CT molecular complexity index is 987. The van der Waals surface area contributed by atoms with Gasteiger partial charge in [-0.2, -0.15) is 0 Å². The number of aromatic hydroxyl groups is 2. The van der Waals surface area contributed by atoms with Gasteiger partial charge < -0.3 is 15.3 Å². The molecule has 53 heavy (non-hydrogen) atoms. The van der Waals surface area contributed by atoms with Crippen LogP contribution in [-0.2, 0) is 16.3 Å². The number of hydrogen-bond acceptors (Lipinski definition) is 5. The van der Waals surface area contributed by atoms with Gasteiger partial charge in [0.2, 0.25) is 0 Å². The van der Waals surface area contributed by atoms with E-state index in [1.54, 1.807) is 48.5 Å². The van der Waals surface area contributed by atoms with Crippen molar-refractivity contribution in [2.45, 2.75) is 137 Å². The molecule has 0 bridgehead atoms. The van der Waals surface area contributed by atoms with Crippen molar-refractivity contribution in [3.63, 3.8) is 0 Å². The van der Waals surface area contributed by atoms with Gasteiger partial charge in [0.05, 0.1) is 0 Å². The number of rotatable bonds is 1. The molecule has 0 aliphatic carbocycles. The largest absolute Gasteiger partial charge is 0.508 e. The van der Waals surface area contributed by atoms with E-state index in [0.717, 1.165) is 26.0 Å². The highest BCUT2D eigenvalue weighted by atomic mass is 32.2. The Morgan fingerprint density at radius 1 is 0.377 bits per heavy atom. The summed E-state index contributed by atoms with van der Waals surface area (Å²) in [5, 5.41) is 24.3. The summed E-state index contributed by atoms with van der Waals surface area (Å²) in [6.45, 7) is 34.7. The fourth-order valence-electron chi connectivity index (χ4n) is 1.95. The molecule has 4 aromatic rings. The third kappa shape index (κ3) is 129. The molecule has 3 N–H and O–H groups in total. The number of benzene rings is 4. The monoisotopic (exact) mass is 767 g/mol. The molecule has 0 spiro atoms. The van der Waals surface area contributed by atoms with Crippen molar-refractivity contribution in [3.05, 3.63) is 133 Å². The molecule has 314 valence electrons. The zero-order valence-corrected chi connectivity index (χ0v) is 39.1. The predicted octanol–water partition coefficient (Wildman–Crippen LogP) is 15.0. The number of aliphatic hydroxyl groups excluding tert-OH is 1. The fraction of sp³-hybridized carbons (Fsp3) is 0.489. The maximum Gasteiger partial charge on any atom is 0.144 e. The van der Waals surface area contributed by atoms with E-state index >= 15 is 0 Å². The van der Waals surface area contributed by atoms with Crippen molar-refractivity contribution in [2.24, 2.45) is 0 Å². The van der Waals surface area contributed by atoms with Crippen LogP contribution in [0.3, 0.4) is 0 Å². The average Bonchev–Trinajstić information content (AvgIpc) is 3.22. The van der Waals surface area contributed by atoms with Crippen LogP contribution in [0, 0.1) is 0 Å². The van der Waals surface area contributed by atoms with Crippen LogP contribution in [0.5, 0.6) is 11.5 Å². The fourth-order valence-corrected chi connectivity index (χ4v) is 1.95. The van der Waals surface area contributed by atoms with Gasteiger partial charge in [0.1, 0.15) is 21.3 Å². The first-order chi connectivity index (χ1) is 25.5. The first kappa shape index (κ1) is 74.5. The number of phenolic OH excluding ortho intramolecular Hbond substituents is 2. The summed E-state index contributed by atoms with van der Waals surface area (Å²) in [7, 11) is -1.67. The van der Waals surface area contributed by atoms with Crippen LogP contribution in [-0.4, -0.2) is 43.4 Å². The van der Waals surface area contributed by atoms with Gasteiger partial charge in [-0.05, 0) is 36.2 Å². The van der Waals surface area contributed by atoms with Crippen molar-refractivity contribution >= 4 is 9.84 Å². The summed E-state index contributed by atoms with van der Waals surface area (Å²) in [5.74, 6) is 0.644. The Morgan fingerprint density at radius 2 is 0.509 bits per heavy atom. The lowest BCUT2D eigenvalue weighted by atomic mass is 10.2. The molecular formula is C47H90O5S. The second kappa shape index (κ2) is 86.8. The molecule has 0 fully saturated rings. The number of aliphatic hydroxyl groups is 1. The van der Waals surface area contributed by atoms with E-state index in [4.69, 9.17) is 15.3 Å². The van der Waals surface area contributed by atoms with Crippen molar-refractivity contribution in [1.82, 2.24) is 0 Å². The normalized spacial score (nSPS) is 7.11. The second-order valence-corrected chi connectivity index (χ2v) is 10.5. The molecule has 0 amide bonds. The van der Waals surface area contributed by atoms with Crippen LogP contribution in [0.15, 0.2) is 127 Å². The first-order valence-electron chi connectivity index (χ1n) is 19.7. The van der Waals surface area contributed by atoms with Crippen LogP contribution < -0.4 is 0 Å². The summed E-state index contributed by atoms with van der Waals surface area (Å²) in [5.41, 5.74) is 1.41. The van der Waals surface area contributed by atoms with Gasteiger partial charge in [0.25, 0.3) is 0 Å². The number of hydrogen-bond donors (Lipinski definition) is 3. The van der Waals surface area contributed by atoms with E-state index in [-0.39, 0.29) is 0 Å². The molecular weight excluding hydrogens is 677 g/mol. The van der Waals surface area contributed by atoms with Crippen LogP contribution in [0.25, 0.3) is 0 Å². The van der Waals surface area contributed by atoms with E-state index in [0.29, 0.717) is 11.5 Å². The summed E-state index contributed by atoms with van der Waals surface area (Å²) in [4.78, 5) is 0. The molecule has 0 saturated carbocycles. The number of aryl methyl sites for hydroxylation is 1. The van der Waals surface area contributed by atoms with E-state index in [9.17, 15) is 8.42 Å². The highest BCUT2D eigenvalue weighted by Gasteiger charge is 1.80. The lowest BCUT2D eigenvalue weighted by molar-refractivity contribution is 0.399. The number of sulfone groups is 1.